The summed E-state index contributed by atoms with van der Waals surface area (Å²) in [6, 6.07) is 67.2. The average molecular weight is 760 g/mol. The highest BCUT2D eigenvalue weighted by Crippen LogP contribution is 2.51. The second kappa shape index (κ2) is 13.6. The third-order valence-corrected chi connectivity index (χ3v) is 13.0. The fourth-order valence-corrected chi connectivity index (χ4v) is 10.0. The van der Waals surface area contributed by atoms with Gasteiger partial charge in [-0.05, 0) is 61.7 Å². The maximum atomic E-state index is 5.26. The number of rotatable bonds is 6. The van der Waals surface area contributed by atoms with E-state index < -0.39 is 0 Å². The van der Waals surface area contributed by atoms with E-state index in [1.807, 2.05) is 11.3 Å². The molecule has 0 saturated heterocycles. The largest absolute Gasteiger partial charge is 0.208 e. The molecule has 0 saturated carbocycles. The van der Waals surface area contributed by atoms with Crippen molar-refractivity contribution in [1.82, 2.24) is 15.0 Å². The molecule has 0 radical (unpaired) electrons. The lowest BCUT2D eigenvalue weighted by Crippen LogP contribution is -2.14. The van der Waals surface area contributed by atoms with Crippen LogP contribution in [0.25, 0.3) is 98.8 Å². The first-order valence-electron chi connectivity index (χ1n) is 19.8. The number of benzene rings is 8. The summed E-state index contributed by atoms with van der Waals surface area (Å²) in [7, 11) is 0. The molecule has 2 aromatic heterocycles. The van der Waals surface area contributed by atoms with Crippen molar-refractivity contribution >= 4 is 31.5 Å². The molecular weight excluding hydrogens is 723 g/mol. The number of nitrogens with zero attached hydrogens (tertiary/aromatic N) is 3. The van der Waals surface area contributed by atoms with E-state index in [4.69, 9.17) is 15.0 Å². The van der Waals surface area contributed by atoms with Gasteiger partial charge in [-0.1, -0.05) is 196 Å². The molecule has 11 rings (SSSR count). The van der Waals surface area contributed by atoms with Gasteiger partial charge in [-0.3, -0.25) is 0 Å². The average Bonchev–Trinajstić information content (AvgIpc) is 3.79. The van der Waals surface area contributed by atoms with E-state index in [1.54, 1.807) is 0 Å². The summed E-state index contributed by atoms with van der Waals surface area (Å²) in [5.41, 5.74) is 14.9. The fraction of sp³-hybridized carbons (Fsp3) is 0.0556. The Morgan fingerprint density at radius 2 is 0.810 bits per heavy atom. The standard InChI is InChI=1S/C54H37N3S/c1-54(2)46-19-8-6-15-44(46)49-45(18-11-20-47(49)54)53-56-51(39-30-26-37(27-31-39)36-24-22-35(23-25-36)34-12-4-3-5-13-34)55-52(57-53)40-32-28-38(29-33-40)41-16-10-17-43-42-14-7-9-21-48(42)58-50(41)43/h3-33H,1-2H3. The molecule has 2 heterocycles. The predicted molar refractivity (Wildman–Crippen MR) is 243 cm³/mol. The van der Waals surface area contributed by atoms with Gasteiger partial charge in [0.1, 0.15) is 0 Å². The van der Waals surface area contributed by atoms with E-state index in [1.165, 1.54) is 64.7 Å². The zero-order valence-electron chi connectivity index (χ0n) is 32.1. The van der Waals surface area contributed by atoms with Crippen LogP contribution in [0.2, 0.25) is 0 Å². The lowest BCUT2D eigenvalue weighted by molar-refractivity contribution is 0.660. The zero-order valence-corrected chi connectivity index (χ0v) is 33.0. The molecule has 0 fully saturated rings. The van der Waals surface area contributed by atoms with Crippen LogP contribution in [-0.4, -0.2) is 15.0 Å². The Bertz CT molecular complexity index is 3160. The number of hydrogen-bond donors (Lipinski definition) is 0. The number of hydrogen-bond acceptors (Lipinski definition) is 4. The van der Waals surface area contributed by atoms with Crippen LogP contribution < -0.4 is 0 Å². The van der Waals surface area contributed by atoms with Gasteiger partial charge in [-0.2, -0.15) is 0 Å². The van der Waals surface area contributed by atoms with Crippen molar-refractivity contribution in [2.24, 2.45) is 0 Å². The molecule has 0 unspecified atom stereocenters. The molecule has 8 aromatic carbocycles. The second-order valence-electron chi connectivity index (χ2n) is 15.6. The summed E-state index contributed by atoms with van der Waals surface area (Å²) in [6.07, 6.45) is 0. The van der Waals surface area contributed by atoms with Gasteiger partial charge in [0.05, 0.1) is 0 Å². The molecule has 0 amide bonds. The Balaban J connectivity index is 1.01. The molecule has 0 atom stereocenters. The molecule has 0 bridgehead atoms. The zero-order chi connectivity index (χ0) is 38.8. The first-order chi connectivity index (χ1) is 28.5. The van der Waals surface area contributed by atoms with E-state index in [0.29, 0.717) is 17.5 Å². The van der Waals surface area contributed by atoms with E-state index in [-0.39, 0.29) is 5.41 Å². The second-order valence-corrected chi connectivity index (χ2v) is 16.6. The van der Waals surface area contributed by atoms with Gasteiger partial charge in [0, 0.05) is 42.3 Å². The molecule has 4 heteroatoms. The first-order valence-corrected chi connectivity index (χ1v) is 20.6. The minimum atomic E-state index is -0.136. The van der Waals surface area contributed by atoms with Gasteiger partial charge in [0.25, 0.3) is 0 Å². The van der Waals surface area contributed by atoms with E-state index in [0.717, 1.165) is 27.8 Å². The van der Waals surface area contributed by atoms with Crippen LogP contribution in [0.5, 0.6) is 0 Å². The van der Waals surface area contributed by atoms with E-state index in [2.05, 4.69) is 202 Å². The lowest BCUT2D eigenvalue weighted by atomic mass is 9.82. The van der Waals surface area contributed by atoms with Gasteiger partial charge < -0.3 is 0 Å². The van der Waals surface area contributed by atoms with Gasteiger partial charge in [-0.25, -0.2) is 15.0 Å². The fourth-order valence-electron chi connectivity index (χ4n) is 8.77. The molecule has 0 spiro atoms. The summed E-state index contributed by atoms with van der Waals surface area (Å²) >= 11 is 1.85. The minimum absolute atomic E-state index is 0.136. The summed E-state index contributed by atoms with van der Waals surface area (Å²) in [5.74, 6) is 1.97. The molecule has 10 aromatic rings. The Kier molecular flexibility index (Phi) is 8.02. The molecule has 3 nitrogen and oxygen atoms in total. The minimum Gasteiger partial charge on any atom is -0.208 e. The number of aromatic nitrogens is 3. The highest BCUT2D eigenvalue weighted by Gasteiger charge is 2.37. The maximum Gasteiger partial charge on any atom is 0.164 e. The quantitative estimate of drug-likeness (QED) is 0.169. The normalized spacial score (nSPS) is 12.8. The third kappa shape index (κ3) is 5.68. The van der Waals surface area contributed by atoms with Crippen LogP contribution in [-0.2, 0) is 5.41 Å². The van der Waals surface area contributed by atoms with E-state index >= 15 is 0 Å². The molecule has 58 heavy (non-hydrogen) atoms. The molecule has 0 aliphatic heterocycles. The predicted octanol–water partition coefficient (Wildman–Crippen LogP) is 14.5. The van der Waals surface area contributed by atoms with Crippen molar-refractivity contribution in [3.8, 4) is 78.7 Å². The third-order valence-electron chi connectivity index (χ3n) is 11.8. The van der Waals surface area contributed by atoms with Crippen molar-refractivity contribution < 1.29 is 0 Å². The van der Waals surface area contributed by atoms with Crippen molar-refractivity contribution in [3.63, 3.8) is 0 Å². The van der Waals surface area contributed by atoms with Crippen LogP contribution in [0.1, 0.15) is 25.0 Å². The van der Waals surface area contributed by atoms with Crippen LogP contribution in [0.3, 0.4) is 0 Å². The van der Waals surface area contributed by atoms with Crippen molar-refractivity contribution in [2.75, 3.05) is 0 Å². The highest BCUT2D eigenvalue weighted by molar-refractivity contribution is 7.26. The van der Waals surface area contributed by atoms with Gasteiger partial charge >= 0.3 is 0 Å². The molecule has 1 aliphatic carbocycles. The Morgan fingerprint density at radius 3 is 1.50 bits per heavy atom. The summed E-state index contributed by atoms with van der Waals surface area (Å²) in [6.45, 7) is 4.62. The van der Waals surface area contributed by atoms with Crippen molar-refractivity contribution in [3.05, 3.63) is 199 Å². The highest BCUT2D eigenvalue weighted by atomic mass is 32.1. The summed E-state index contributed by atoms with van der Waals surface area (Å²) in [4.78, 5) is 15.7. The van der Waals surface area contributed by atoms with Gasteiger partial charge in [0.15, 0.2) is 17.5 Å². The van der Waals surface area contributed by atoms with Gasteiger partial charge in [-0.15, -0.1) is 11.3 Å². The maximum absolute atomic E-state index is 5.26. The van der Waals surface area contributed by atoms with Gasteiger partial charge in [0.2, 0.25) is 0 Å². The summed E-state index contributed by atoms with van der Waals surface area (Å²) < 4.78 is 2.61. The Labute approximate surface area is 342 Å². The van der Waals surface area contributed by atoms with Crippen LogP contribution in [0.4, 0.5) is 0 Å². The van der Waals surface area contributed by atoms with Crippen LogP contribution >= 0.6 is 11.3 Å². The molecule has 1 aliphatic rings. The molecule has 0 N–H and O–H groups in total. The lowest BCUT2D eigenvalue weighted by Gasteiger charge is -2.21. The van der Waals surface area contributed by atoms with Crippen molar-refractivity contribution in [1.29, 1.82) is 0 Å². The molecular formula is C54H37N3S. The number of thiophene rings is 1. The van der Waals surface area contributed by atoms with E-state index in [9.17, 15) is 0 Å². The van der Waals surface area contributed by atoms with Crippen molar-refractivity contribution in [2.45, 2.75) is 19.3 Å². The molecule has 274 valence electrons. The SMILES string of the molecule is CC1(C)c2ccccc2-c2c(-c3nc(-c4ccc(-c5ccc(-c6ccccc6)cc5)cc4)nc(-c4ccc(-c5cccc6c5sc5ccccc56)cc4)n3)cccc21. The smallest absolute Gasteiger partial charge is 0.164 e. The van der Waals surface area contributed by atoms with Crippen LogP contribution in [0.15, 0.2) is 188 Å². The summed E-state index contributed by atoms with van der Waals surface area (Å²) in [5, 5.41) is 2.60. The van der Waals surface area contributed by atoms with Crippen LogP contribution in [0, 0.1) is 0 Å². The topological polar surface area (TPSA) is 38.7 Å². The Morgan fingerprint density at radius 1 is 0.345 bits per heavy atom. The number of fused-ring (bicyclic) bond motifs is 6. The monoisotopic (exact) mass is 759 g/mol. The Hall–Kier alpha value is -7.01. The first kappa shape index (κ1) is 34.3.